The second kappa shape index (κ2) is 9.32. The number of methoxy groups -OCH3 is 1. The number of ketones is 1. The molecule has 0 saturated carbocycles. The number of aryl methyl sites for hydroxylation is 1. The van der Waals surface area contributed by atoms with E-state index in [-0.39, 0.29) is 11.5 Å². The fraction of sp³-hybridized carbons (Fsp3) is 0.269. The number of nitriles is 1. The third kappa shape index (κ3) is 3.97. The minimum atomic E-state index is -1.07. The van der Waals surface area contributed by atoms with E-state index < -0.39 is 5.92 Å². The minimum absolute atomic E-state index is 0.215. The van der Waals surface area contributed by atoms with Crippen molar-refractivity contribution < 1.29 is 9.53 Å². The Morgan fingerprint density at radius 3 is 2.59 bits per heavy atom. The highest BCUT2D eigenvalue weighted by molar-refractivity contribution is 6.01. The maximum atomic E-state index is 13.6. The van der Waals surface area contributed by atoms with E-state index in [4.69, 9.17) is 4.74 Å². The molecule has 4 aromatic rings. The first-order chi connectivity index (χ1) is 16.7. The van der Waals surface area contributed by atoms with Crippen LogP contribution in [0.1, 0.15) is 47.3 Å². The molecule has 2 aromatic carbocycles. The van der Waals surface area contributed by atoms with Gasteiger partial charge in [-0.25, -0.2) is 4.68 Å². The average Bonchev–Trinajstić information content (AvgIpc) is 3.43. The van der Waals surface area contributed by atoms with Crippen molar-refractivity contribution in [2.24, 2.45) is 0 Å². The van der Waals surface area contributed by atoms with Crippen molar-refractivity contribution >= 4 is 5.78 Å². The Morgan fingerprint density at radius 1 is 1.06 bits per heavy atom. The van der Waals surface area contributed by atoms with Gasteiger partial charge >= 0.3 is 0 Å². The molecule has 0 N–H and O–H groups in total. The molecule has 1 aliphatic rings. The van der Waals surface area contributed by atoms with Gasteiger partial charge in [-0.1, -0.05) is 24.6 Å². The Balaban J connectivity index is 1.57. The Hall–Kier alpha value is -4.25. The zero-order valence-corrected chi connectivity index (χ0v) is 18.9. The first-order valence-electron chi connectivity index (χ1n) is 11.4. The van der Waals surface area contributed by atoms with E-state index in [2.05, 4.69) is 21.4 Å². The van der Waals surface area contributed by atoms with Crippen LogP contribution in [0, 0.1) is 11.3 Å². The van der Waals surface area contributed by atoms with Gasteiger partial charge in [0.1, 0.15) is 17.3 Å². The van der Waals surface area contributed by atoms with Crippen LogP contribution >= 0.6 is 0 Å². The molecule has 0 saturated heterocycles. The van der Waals surface area contributed by atoms with Crippen LogP contribution < -0.4 is 4.74 Å². The predicted octanol–water partition coefficient (Wildman–Crippen LogP) is 4.36. The molecule has 3 heterocycles. The molecule has 5 rings (SSSR count). The summed E-state index contributed by atoms with van der Waals surface area (Å²) in [5.41, 5.74) is 2.65. The molecule has 170 valence electrons. The molecule has 1 unspecified atom stereocenters. The second-order valence-corrected chi connectivity index (χ2v) is 8.25. The number of carbonyl (C=O) groups is 1. The largest absolute Gasteiger partial charge is 0.497 e. The van der Waals surface area contributed by atoms with Crippen LogP contribution in [0.3, 0.4) is 0 Å². The molecule has 0 bridgehead atoms. The molecule has 34 heavy (non-hydrogen) atoms. The maximum Gasteiger partial charge on any atom is 0.207 e. The summed E-state index contributed by atoms with van der Waals surface area (Å²) in [6.45, 7) is 0.721. The van der Waals surface area contributed by atoms with Crippen LogP contribution in [0.25, 0.3) is 16.9 Å². The molecule has 1 atom stereocenters. The Kier molecular flexibility index (Phi) is 5.91. The van der Waals surface area contributed by atoms with Gasteiger partial charge in [0.25, 0.3) is 0 Å². The lowest BCUT2D eigenvalue weighted by Gasteiger charge is -2.10. The van der Waals surface area contributed by atoms with E-state index in [1.54, 1.807) is 17.9 Å². The van der Waals surface area contributed by atoms with Gasteiger partial charge in [0.05, 0.1) is 24.6 Å². The van der Waals surface area contributed by atoms with E-state index >= 15 is 0 Å². The van der Waals surface area contributed by atoms with Crippen molar-refractivity contribution in [3.8, 4) is 28.8 Å². The highest BCUT2D eigenvalue weighted by Crippen LogP contribution is 2.29. The van der Waals surface area contributed by atoms with Crippen LogP contribution in [0.5, 0.6) is 5.75 Å². The summed E-state index contributed by atoms with van der Waals surface area (Å²) in [7, 11) is 1.62. The van der Waals surface area contributed by atoms with Gasteiger partial charge in [-0.2, -0.15) is 10.4 Å². The molecule has 0 aliphatic carbocycles. The van der Waals surface area contributed by atoms with Gasteiger partial charge < -0.3 is 9.30 Å². The van der Waals surface area contributed by atoms with Crippen molar-refractivity contribution in [2.75, 3.05) is 7.11 Å². The molecule has 0 radical (unpaired) electrons. The summed E-state index contributed by atoms with van der Waals surface area (Å²) >= 11 is 0. The van der Waals surface area contributed by atoms with Gasteiger partial charge in [0.15, 0.2) is 11.7 Å². The number of ether oxygens (including phenoxy) is 1. The zero-order chi connectivity index (χ0) is 23.5. The average molecular weight is 453 g/mol. The highest BCUT2D eigenvalue weighted by Gasteiger charge is 2.31. The van der Waals surface area contributed by atoms with Gasteiger partial charge in [0, 0.05) is 18.5 Å². The van der Waals surface area contributed by atoms with Crippen LogP contribution in [0.2, 0.25) is 0 Å². The van der Waals surface area contributed by atoms with Crippen molar-refractivity contribution in [2.45, 2.75) is 38.1 Å². The van der Waals surface area contributed by atoms with E-state index in [1.807, 2.05) is 59.2 Å². The molecule has 1 aliphatic heterocycles. The van der Waals surface area contributed by atoms with E-state index in [1.165, 1.54) is 0 Å². The van der Waals surface area contributed by atoms with Crippen molar-refractivity contribution in [3.63, 3.8) is 0 Å². The standard InChI is InChI=1S/C26H24N6O2/c1-34-20-13-11-18(12-14-20)23-16-22(30-32(23)19-8-4-2-5-9-19)25(33)21(17-27)26-29-28-24-10-6-3-7-15-31(24)26/h2,4-5,8-9,11-14,16,21H,3,6-7,10,15H2,1H3. The smallest absolute Gasteiger partial charge is 0.207 e. The lowest BCUT2D eigenvalue weighted by Crippen LogP contribution is -2.18. The number of hydrogen-bond donors (Lipinski definition) is 0. The number of rotatable bonds is 6. The van der Waals surface area contributed by atoms with Crippen molar-refractivity contribution in [1.29, 1.82) is 5.26 Å². The van der Waals surface area contributed by atoms with Crippen molar-refractivity contribution in [3.05, 3.63) is 78.0 Å². The normalized spacial score (nSPS) is 14.0. The summed E-state index contributed by atoms with van der Waals surface area (Å²) in [5.74, 6) is 0.537. The molecular weight excluding hydrogens is 428 g/mol. The molecule has 8 heteroatoms. The lowest BCUT2D eigenvalue weighted by atomic mass is 10.0. The molecule has 0 spiro atoms. The number of carbonyl (C=O) groups excluding carboxylic acids is 1. The van der Waals surface area contributed by atoms with Gasteiger partial charge in [-0.05, 0) is 55.3 Å². The molecule has 8 nitrogen and oxygen atoms in total. The van der Waals surface area contributed by atoms with Gasteiger partial charge in [-0.15, -0.1) is 10.2 Å². The third-order valence-electron chi connectivity index (χ3n) is 6.14. The van der Waals surface area contributed by atoms with Gasteiger partial charge in [-0.3, -0.25) is 4.79 Å². The number of para-hydroxylation sites is 1. The maximum absolute atomic E-state index is 13.6. The van der Waals surface area contributed by atoms with Crippen LogP contribution in [0.4, 0.5) is 0 Å². The first kappa shape index (κ1) is 21.6. The summed E-state index contributed by atoms with van der Waals surface area (Å²) in [6, 6.07) is 21.1. The quantitative estimate of drug-likeness (QED) is 0.403. The van der Waals surface area contributed by atoms with Crippen LogP contribution in [-0.4, -0.2) is 37.4 Å². The number of aromatic nitrogens is 5. The first-order valence-corrected chi connectivity index (χ1v) is 11.4. The topological polar surface area (TPSA) is 98.6 Å². The Labute approximate surface area is 197 Å². The Bertz CT molecular complexity index is 1350. The van der Waals surface area contributed by atoms with Gasteiger partial charge in [0.2, 0.25) is 5.78 Å². The summed E-state index contributed by atoms with van der Waals surface area (Å²) < 4.78 is 8.95. The third-order valence-corrected chi connectivity index (χ3v) is 6.14. The lowest BCUT2D eigenvalue weighted by molar-refractivity contribution is 0.0969. The Morgan fingerprint density at radius 2 is 1.85 bits per heavy atom. The number of fused-ring (bicyclic) bond motifs is 1. The zero-order valence-electron chi connectivity index (χ0n) is 18.9. The summed E-state index contributed by atoms with van der Waals surface area (Å²) in [4.78, 5) is 13.6. The van der Waals surface area contributed by atoms with Crippen molar-refractivity contribution in [1.82, 2.24) is 24.5 Å². The number of benzene rings is 2. The second-order valence-electron chi connectivity index (χ2n) is 8.25. The molecule has 0 amide bonds. The number of Topliss-reactive ketones (excluding diaryl/α,β-unsaturated/α-hetero) is 1. The van der Waals surface area contributed by atoms with E-state index in [0.717, 1.165) is 60.7 Å². The summed E-state index contributed by atoms with van der Waals surface area (Å²) in [6.07, 6.45) is 3.93. The predicted molar refractivity (Wildman–Crippen MR) is 126 cm³/mol. The van der Waals surface area contributed by atoms with E-state index in [0.29, 0.717) is 5.82 Å². The summed E-state index contributed by atoms with van der Waals surface area (Å²) in [5, 5.41) is 23.1. The number of hydrogen-bond acceptors (Lipinski definition) is 6. The fourth-order valence-corrected chi connectivity index (χ4v) is 4.34. The van der Waals surface area contributed by atoms with Crippen LogP contribution in [-0.2, 0) is 13.0 Å². The van der Waals surface area contributed by atoms with Crippen LogP contribution in [0.15, 0.2) is 60.7 Å². The molecule has 0 fully saturated rings. The van der Waals surface area contributed by atoms with E-state index in [9.17, 15) is 10.1 Å². The molecule has 2 aromatic heterocycles. The monoisotopic (exact) mass is 452 g/mol. The molecular formula is C26H24N6O2. The highest BCUT2D eigenvalue weighted by atomic mass is 16.5. The SMILES string of the molecule is COc1ccc(-c2cc(C(=O)C(C#N)c3nnc4n3CCCCC4)nn2-c2ccccc2)cc1. The number of nitrogens with zero attached hydrogens (tertiary/aromatic N) is 6. The minimum Gasteiger partial charge on any atom is -0.497 e. The fourth-order valence-electron chi connectivity index (χ4n) is 4.34.